The van der Waals surface area contributed by atoms with Gasteiger partial charge in [0.05, 0.1) is 22.0 Å². The Hall–Kier alpha value is -2.21. The molecule has 1 atom stereocenters. The third-order valence-corrected chi connectivity index (χ3v) is 7.21. The number of carbonyl (C=O) groups is 1. The summed E-state index contributed by atoms with van der Waals surface area (Å²) < 4.78 is 3.30. The summed E-state index contributed by atoms with van der Waals surface area (Å²) >= 11 is 1.73. The summed E-state index contributed by atoms with van der Waals surface area (Å²) in [7, 11) is 0. The lowest BCUT2D eigenvalue weighted by molar-refractivity contribution is -0.135. The van der Waals surface area contributed by atoms with Crippen molar-refractivity contribution in [2.24, 2.45) is 5.92 Å². The fourth-order valence-corrected chi connectivity index (χ4v) is 5.63. The quantitative estimate of drug-likeness (QED) is 0.528. The molecule has 5 nitrogen and oxygen atoms in total. The number of benzene rings is 1. The van der Waals surface area contributed by atoms with E-state index >= 15 is 0 Å². The molecule has 1 unspecified atom stereocenters. The molecular formula is C24H32N4OS. The highest BCUT2D eigenvalue weighted by molar-refractivity contribution is 7.18. The van der Waals surface area contributed by atoms with Crippen molar-refractivity contribution in [2.75, 3.05) is 6.54 Å². The minimum atomic E-state index is 0.120. The van der Waals surface area contributed by atoms with Crippen LogP contribution in [0.4, 0.5) is 0 Å². The van der Waals surface area contributed by atoms with E-state index in [0.29, 0.717) is 12.3 Å². The van der Waals surface area contributed by atoms with E-state index in [2.05, 4.69) is 55.5 Å². The van der Waals surface area contributed by atoms with Crippen LogP contribution in [0.3, 0.4) is 0 Å². The summed E-state index contributed by atoms with van der Waals surface area (Å²) in [6.07, 6.45) is 4.55. The Morgan fingerprint density at radius 2 is 2.03 bits per heavy atom. The number of hydrogen-bond acceptors (Lipinski definition) is 4. The highest BCUT2D eigenvalue weighted by Crippen LogP contribution is 2.36. The molecule has 1 aliphatic heterocycles. The molecule has 0 aliphatic carbocycles. The molecule has 0 spiro atoms. The second kappa shape index (κ2) is 8.88. The molecule has 3 aromatic rings. The number of carbonyl (C=O) groups excluding carboxylic acids is 1. The first-order chi connectivity index (χ1) is 14.4. The van der Waals surface area contributed by atoms with Gasteiger partial charge in [0.1, 0.15) is 5.01 Å². The van der Waals surface area contributed by atoms with Crippen molar-refractivity contribution in [3.63, 3.8) is 0 Å². The van der Waals surface area contributed by atoms with E-state index in [1.165, 1.54) is 16.0 Å². The number of amides is 1. The zero-order valence-electron chi connectivity index (χ0n) is 18.5. The molecule has 160 valence electrons. The van der Waals surface area contributed by atoms with E-state index < -0.39 is 0 Å². The molecule has 4 rings (SSSR count). The van der Waals surface area contributed by atoms with E-state index in [1.807, 2.05) is 6.07 Å². The number of likely N-dealkylation sites (tertiary alicyclic amines) is 1. The first kappa shape index (κ1) is 21.0. The van der Waals surface area contributed by atoms with E-state index in [1.54, 1.807) is 11.3 Å². The monoisotopic (exact) mass is 424 g/mol. The molecule has 0 bridgehead atoms. The highest BCUT2D eigenvalue weighted by Gasteiger charge is 2.30. The van der Waals surface area contributed by atoms with Crippen molar-refractivity contribution in [3.05, 3.63) is 46.2 Å². The van der Waals surface area contributed by atoms with Gasteiger partial charge in [-0.25, -0.2) is 4.98 Å². The van der Waals surface area contributed by atoms with E-state index in [4.69, 9.17) is 10.1 Å². The van der Waals surface area contributed by atoms with Crippen LogP contribution in [-0.2, 0) is 17.8 Å². The van der Waals surface area contributed by atoms with Gasteiger partial charge in [-0.15, -0.1) is 11.3 Å². The number of rotatable bonds is 6. The Bertz CT molecular complexity index is 1000. The minimum Gasteiger partial charge on any atom is -0.333 e. The maximum atomic E-state index is 13.3. The number of piperidine rings is 1. The number of para-hydroxylation sites is 1. The van der Waals surface area contributed by atoms with Gasteiger partial charge in [0.2, 0.25) is 5.91 Å². The van der Waals surface area contributed by atoms with Crippen LogP contribution in [0, 0.1) is 19.8 Å². The number of nitrogens with zero attached hydrogens (tertiary/aromatic N) is 4. The van der Waals surface area contributed by atoms with Gasteiger partial charge < -0.3 is 4.90 Å². The summed E-state index contributed by atoms with van der Waals surface area (Å²) in [6, 6.07) is 8.38. The molecule has 30 heavy (non-hydrogen) atoms. The Kier molecular flexibility index (Phi) is 6.23. The number of fused-ring (bicyclic) bond motifs is 1. The topological polar surface area (TPSA) is 51.0 Å². The van der Waals surface area contributed by atoms with Crippen molar-refractivity contribution >= 4 is 27.5 Å². The molecule has 2 aromatic heterocycles. The van der Waals surface area contributed by atoms with Crippen molar-refractivity contribution in [1.82, 2.24) is 19.7 Å². The summed E-state index contributed by atoms with van der Waals surface area (Å²) in [5.41, 5.74) is 4.54. The van der Waals surface area contributed by atoms with Crippen LogP contribution in [0.5, 0.6) is 0 Å². The zero-order chi connectivity index (χ0) is 21.3. The average Bonchev–Trinajstić information content (AvgIpc) is 3.27. The Morgan fingerprint density at radius 3 is 2.80 bits per heavy atom. The van der Waals surface area contributed by atoms with E-state index in [0.717, 1.165) is 55.0 Å². The SMILES string of the molecule is Cc1nn(CC(C)C)c(C)c1CCC(=O)N1CCCCC1c1nc2ccccc2s1. The smallest absolute Gasteiger partial charge is 0.223 e. The normalized spacial score (nSPS) is 17.2. The van der Waals surface area contributed by atoms with Crippen molar-refractivity contribution in [2.45, 2.75) is 72.4 Å². The van der Waals surface area contributed by atoms with Crippen molar-refractivity contribution < 1.29 is 4.79 Å². The van der Waals surface area contributed by atoms with Crippen LogP contribution in [0.2, 0.25) is 0 Å². The second-order valence-electron chi connectivity index (χ2n) is 8.84. The summed E-state index contributed by atoms with van der Waals surface area (Å²) in [6.45, 7) is 10.4. The van der Waals surface area contributed by atoms with Crippen LogP contribution in [0.1, 0.15) is 67.5 Å². The van der Waals surface area contributed by atoms with Crippen LogP contribution >= 0.6 is 11.3 Å². The summed E-state index contributed by atoms with van der Waals surface area (Å²) in [5, 5.41) is 5.80. The lowest BCUT2D eigenvalue weighted by Gasteiger charge is -2.34. The number of aromatic nitrogens is 3. The molecule has 1 fully saturated rings. The lowest BCUT2D eigenvalue weighted by Crippen LogP contribution is -2.38. The maximum absolute atomic E-state index is 13.3. The number of hydrogen-bond donors (Lipinski definition) is 0. The molecule has 3 heterocycles. The molecule has 1 aliphatic rings. The maximum Gasteiger partial charge on any atom is 0.223 e. The van der Waals surface area contributed by atoms with Gasteiger partial charge in [-0.3, -0.25) is 9.48 Å². The number of thiazole rings is 1. The van der Waals surface area contributed by atoms with Gasteiger partial charge in [0.25, 0.3) is 0 Å². The molecule has 1 amide bonds. The second-order valence-corrected chi connectivity index (χ2v) is 9.91. The highest BCUT2D eigenvalue weighted by atomic mass is 32.1. The third-order valence-electron chi connectivity index (χ3n) is 6.08. The minimum absolute atomic E-state index is 0.120. The molecule has 0 N–H and O–H groups in total. The molecule has 1 saturated heterocycles. The Labute approximate surface area is 183 Å². The van der Waals surface area contributed by atoms with Crippen LogP contribution in [-0.4, -0.2) is 32.1 Å². The van der Waals surface area contributed by atoms with Gasteiger partial charge in [-0.1, -0.05) is 26.0 Å². The van der Waals surface area contributed by atoms with Crippen molar-refractivity contribution in [3.8, 4) is 0 Å². The largest absolute Gasteiger partial charge is 0.333 e. The van der Waals surface area contributed by atoms with Crippen LogP contribution < -0.4 is 0 Å². The average molecular weight is 425 g/mol. The van der Waals surface area contributed by atoms with Crippen LogP contribution in [0.15, 0.2) is 24.3 Å². The molecule has 0 radical (unpaired) electrons. The lowest BCUT2D eigenvalue weighted by atomic mass is 10.0. The zero-order valence-corrected chi connectivity index (χ0v) is 19.3. The molecule has 1 aromatic carbocycles. The molecular weight excluding hydrogens is 392 g/mol. The fraction of sp³-hybridized carbons (Fsp3) is 0.542. The number of aryl methyl sites for hydroxylation is 1. The Balaban J connectivity index is 1.48. The first-order valence-corrected chi connectivity index (χ1v) is 11.9. The molecule has 6 heteroatoms. The van der Waals surface area contributed by atoms with Crippen LogP contribution in [0.25, 0.3) is 10.2 Å². The van der Waals surface area contributed by atoms with Gasteiger partial charge in [-0.05, 0) is 63.1 Å². The van der Waals surface area contributed by atoms with Gasteiger partial charge >= 0.3 is 0 Å². The first-order valence-electron chi connectivity index (χ1n) is 11.1. The molecule has 0 saturated carbocycles. The summed E-state index contributed by atoms with van der Waals surface area (Å²) in [4.78, 5) is 20.2. The van der Waals surface area contributed by atoms with Gasteiger partial charge in [-0.2, -0.15) is 5.10 Å². The van der Waals surface area contributed by atoms with Crippen molar-refractivity contribution in [1.29, 1.82) is 0 Å². The van der Waals surface area contributed by atoms with Gasteiger partial charge in [0.15, 0.2) is 0 Å². The standard InChI is InChI=1S/C24H32N4OS/c1-16(2)15-28-18(4)19(17(3)26-28)12-13-23(29)27-14-8-7-10-21(27)24-25-20-9-5-6-11-22(20)30-24/h5-6,9,11,16,21H,7-8,10,12-15H2,1-4H3. The predicted molar refractivity (Wildman–Crippen MR) is 123 cm³/mol. The third kappa shape index (κ3) is 4.29. The fourth-order valence-electron chi connectivity index (χ4n) is 4.51. The predicted octanol–water partition coefficient (Wildman–Crippen LogP) is 5.45. The van der Waals surface area contributed by atoms with Gasteiger partial charge in [0, 0.05) is 25.2 Å². The summed E-state index contributed by atoms with van der Waals surface area (Å²) in [5.74, 6) is 0.801. The van der Waals surface area contributed by atoms with E-state index in [-0.39, 0.29) is 11.9 Å². The van der Waals surface area contributed by atoms with E-state index in [9.17, 15) is 4.79 Å². The Morgan fingerprint density at radius 1 is 1.23 bits per heavy atom.